The van der Waals surface area contributed by atoms with Gasteiger partial charge in [0.2, 0.25) is 0 Å². The summed E-state index contributed by atoms with van der Waals surface area (Å²) in [7, 11) is 0. The van der Waals surface area contributed by atoms with Gasteiger partial charge in [-0.2, -0.15) is 0 Å². The van der Waals surface area contributed by atoms with E-state index in [0.29, 0.717) is 10.6 Å². The third kappa shape index (κ3) is 3.88. The summed E-state index contributed by atoms with van der Waals surface area (Å²) in [5.41, 5.74) is 1.42. The lowest BCUT2D eigenvalue weighted by molar-refractivity contribution is -0.118. The topological polar surface area (TPSA) is 58.2 Å². The van der Waals surface area contributed by atoms with Gasteiger partial charge >= 0.3 is 0 Å². The normalized spacial score (nSPS) is 11.5. The van der Waals surface area contributed by atoms with Crippen LogP contribution in [0.15, 0.2) is 78.2 Å². The molecule has 0 spiro atoms. The molecule has 1 heterocycles. The van der Waals surface area contributed by atoms with E-state index in [9.17, 15) is 9.59 Å². The molecular formula is C19H16N2O2S. The van der Waals surface area contributed by atoms with Crippen LogP contribution in [0.25, 0.3) is 0 Å². The summed E-state index contributed by atoms with van der Waals surface area (Å²) in [6.45, 7) is 0. The van der Waals surface area contributed by atoms with Crippen molar-refractivity contribution in [1.82, 2.24) is 5.32 Å². The van der Waals surface area contributed by atoms with Crippen molar-refractivity contribution in [3.05, 3.63) is 88.6 Å². The second-order valence-corrected chi connectivity index (χ2v) is 6.10. The van der Waals surface area contributed by atoms with E-state index in [-0.39, 0.29) is 11.8 Å². The van der Waals surface area contributed by atoms with Crippen LogP contribution in [0, 0.1) is 0 Å². The zero-order valence-electron chi connectivity index (χ0n) is 12.8. The van der Waals surface area contributed by atoms with Crippen molar-refractivity contribution in [3.8, 4) is 0 Å². The number of amides is 2. The lowest BCUT2D eigenvalue weighted by Gasteiger charge is -2.18. The van der Waals surface area contributed by atoms with Gasteiger partial charge in [0.25, 0.3) is 11.8 Å². The molecule has 0 aliphatic heterocycles. The predicted molar refractivity (Wildman–Crippen MR) is 96.0 cm³/mol. The van der Waals surface area contributed by atoms with E-state index in [1.165, 1.54) is 11.3 Å². The van der Waals surface area contributed by atoms with Crippen molar-refractivity contribution < 1.29 is 9.59 Å². The molecule has 4 nitrogen and oxygen atoms in total. The molecule has 5 heteroatoms. The lowest BCUT2D eigenvalue weighted by atomic mass is 10.1. The molecule has 1 aromatic heterocycles. The third-order valence-electron chi connectivity index (χ3n) is 3.46. The number of carbonyl (C=O) groups is 2. The maximum atomic E-state index is 12.7. The monoisotopic (exact) mass is 336 g/mol. The van der Waals surface area contributed by atoms with Crippen LogP contribution in [-0.4, -0.2) is 11.8 Å². The Balaban J connectivity index is 1.82. The third-order valence-corrected chi connectivity index (χ3v) is 4.33. The van der Waals surface area contributed by atoms with Crippen LogP contribution >= 0.6 is 11.3 Å². The number of thiophene rings is 1. The fourth-order valence-corrected chi connectivity index (χ4v) is 2.92. The highest BCUT2D eigenvalue weighted by Crippen LogP contribution is 2.18. The Morgan fingerprint density at radius 2 is 1.50 bits per heavy atom. The molecule has 3 aromatic rings. The minimum atomic E-state index is -0.763. The summed E-state index contributed by atoms with van der Waals surface area (Å²) < 4.78 is 0. The summed E-state index contributed by atoms with van der Waals surface area (Å²) in [4.78, 5) is 25.6. The highest BCUT2D eigenvalue weighted by molar-refractivity contribution is 7.12. The van der Waals surface area contributed by atoms with E-state index in [1.807, 2.05) is 53.9 Å². The Kier molecular flexibility index (Phi) is 5.03. The summed E-state index contributed by atoms with van der Waals surface area (Å²) >= 11 is 1.34. The molecule has 2 N–H and O–H groups in total. The minimum Gasteiger partial charge on any atom is -0.336 e. The van der Waals surface area contributed by atoms with E-state index in [2.05, 4.69) is 10.6 Å². The van der Waals surface area contributed by atoms with E-state index < -0.39 is 6.04 Å². The highest BCUT2D eigenvalue weighted by atomic mass is 32.1. The average molecular weight is 336 g/mol. The molecule has 0 aliphatic carbocycles. The number of hydrogen-bond acceptors (Lipinski definition) is 3. The molecule has 3 rings (SSSR count). The molecule has 0 bridgehead atoms. The second-order valence-electron chi connectivity index (χ2n) is 5.15. The van der Waals surface area contributed by atoms with Gasteiger partial charge < -0.3 is 10.6 Å². The van der Waals surface area contributed by atoms with E-state index in [1.54, 1.807) is 24.3 Å². The van der Waals surface area contributed by atoms with E-state index >= 15 is 0 Å². The lowest BCUT2D eigenvalue weighted by Crippen LogP contribution is -2.36. The molecule has 2 amide bonds. The number of rotatable bonds is 5. The Morgan fingerprint density at radius 3 is 2.12 bits per heavy atom. The fraction of sp³-hybridized carbons (Fsp3) is 0.0526. The maximum Gasteiger partial charge on any atom is 0.262 e. The number of carbonyl (C=O) groups excluding carboxylic acids is 2. The number of hydrogen-bond donors (Lipinski definition) is 2. The average Bonchev–Trinajstić information content (AvgIpc) is 3.16. The van der Waals surface area contributed by atoms with Crippen molar-refractivity contribution in [2.75, 3.05) is 5.32 Å². The molecule has 0 aliphatic rings. The number of para-hydroxylation sites is 1. The fourth-order valence-electron chi connectivity index (χ4n) is 2.29. The first kappa shape index (κ1) is 16.0. The SMILES string of the molecule is O=C(N[C@@H](C(=O)Nc1ccccc1)c1ccccc1)c1cccs1. The van der Waals surface area contributed by atoms with Gasteiger partial charge in [0.15, 0.2) is 0 Å². The molecule has 1 atom stereocenters. The Bertz CT molecular complexity index is 802. The quantitative estimate of drug-likeness (QED) is 0.743. The van der Waals surface area contributed by atoms with E-state index in [4.69, 9.17) is 0 Å². The van der Waals surface area contributed by atoms with Gasteiger partial charge in [0.1, 0.15) is 6.04 Å². The van der Waals surface area contributed by atoms with Gasteiger partial charge in [-0.05, 0) is 29.1 Å². The molecule has 0 saturated heterocycles. The van der Waals surface area contributed by atoms with Gasteiger partial charge in [0, 0.05) is 5.69 Å². The molecular weight excluding hydrogens is 320 g/mol. The zero-order valence-corrected chi connectivity index (χ0v) is 13.6. The van der Waals surface area contributed by atoms with Crippen molar-refractivity contribution in [3.63, 3.8) is 0 Å². The van der Waals surface area contributed by atoms with Crippen LogP contribution < -0.4 is 10.6 Å². The summed E-state index contributed by atoms with van der Waals surface area (Å²) in [5.74, 6) is -0.542. The maximum absolute atomic E-state index is 12.7. The van der Waals surface area contributed by atoms with Crippen LogP contribution in [0.2, 0.25) is 0 Å². The van der Waals surface area contributed by atoms with Gasteiger partial charge in [-0.25, -0.2) is 0 Å². The molecule has 2 aromatic carbocycles. The van der Waals surface area contributed by atoms with Crippen molar-refractivity contribution >= 4 is 28.8 Å². The van der Waals surface area contributed by atoms with Gasteiger partial charge in [-0.15, -0.1) is 11.3 Å². The van der Waals surface area contributed by atoms with E-state index in [0.717, 1.165) is 5.56 Å². The number of benzene rings is 2. The molecule has 0 radical (unpaired) electrons. The summed E-state index contributed by atoms with van der Waals surface area (Å²) in [6, 6.07) is 21.2. The molecule has 0 saturated carbocycles. The highest BCUT2D eigenvalue weighted by Gasteiger charge is 2.23. The van der Waals surface area contributed by atoms with Crippen molar-refractivity contribution in [2.24, 2.45) is 0 Å². The number of nitrogens with one attached hydrogen (secondary N) is 2. The first-order chi connectivity index (χ1) is 11.7. The summed E-state index contributed by atoms with van der Waals surface area (Å²) in [6.07, 6.45) is 0. The van der Waals surface area contributed by atoms with Crippen molar-refractivity contribution in [1.29, 1.82) is 0 Å². The molecule has 24 heavy (non-hydrogen) atoms. The standard InChI is InChI=1S/C19H16N2O2S/c22-18(16-12-7-13-24-16)21-17(14-8-3-1-4-9-14)19(23)20-15-10-5-2-6-11-15/h1-13,17H,(H,20,23)(H,21,22)/t17-/m1/s1. The van der Waals surface area contributed by atoms with Crippen LogP contribution in [0.4, 0.5) is 5.69 Å². The van der Waals surface area contributed by atoms with Gasteiger partial charge in [0.05, 0.1) is 4.88 Å². The van der Waals surface area contributed by atoms with Crippen LogP contribution in [0.3, 0.4) is 0 Å². The smallest absolute Gasteiger partial charge is 0.262 e. The first-order valence-corrected chi connectivity index (χ1v) is 8.37. The minimum absolute atomic E-state index is 0.262. The largest absolute Gasteiger partial charge is 0.336 e. The van der Waals surface area contributed by atoms with Gasteiger partial charge in [-0.3, -0.25) is 9.59 Å². The summed E-state index contributed by atoms with van der Waals surface area (Å²) in [5, 5.41) is 7.49. The first-order valence-electron chi connectivity index (χ1n) is 7.49. The van der Waals surface area contributed by atoms with Crippen LogP contribution in [0.1, 0.15) is 21.3 Å². The van der Waals surface area contributed by atoms with Crippen LogP contribution in [-0.2, 0) is 4.79 Å². The Morgan fingerprint density at radius 1 is 0.833 bits per heavy atom. The zero-order chi connectivity index (χ0) is 16.8. The van der Waals surface area contributed by atoms with Gasteiger partial charge in [-0.1, -0.05) is 54.6 Å². The van der Waals surface area contributed by atoms with Crippen LogP contribution in [0.5, 0.6) is 0 Å². The predicted octanol–water partition coefficient (Wildman–Crippen LogP) is 3.86. The second kappa shape index (κ2) is 7.57. The Labute approximate surface area is 144 Å². The molecule has 120 valence electrons. The molecule has 0 fully saturated rings. The van der Waals surface area contributed by atoms with Crippen molar-refractivity contribution in [2.45, 2.75) is 6.04 Å². The Hall–Kier alpha value is -2.92. The number of anilines is 1. The molecule has 0 unspecified atom stereocenters.